The van der Waals surface area contributed by atoms with Crippen molar-refractivity contribution in [2.24, 2.45) is 0 Å². The lowest BCUT2D eigenvalue weighted by atomic mass is 10.0. The van der Waals surface area contributed by atoms with Gasteiger partial charge < -0.3 is 25.1 Å². The van der Waals surface area contributed by atoms with Crippen LogP contribution in [0.2, 0.25) is 0 Å². The molecule has 1 aliphatic rings. The second-order valence-electron chi connectivity index (χ2n) is 10.8. The van der Waals surface area contributed by atoms with Crippen LogP contribution in [0.4, 0.5) is 5.69 Å². The largest absolute Gasteiger partial charge is 0.618 e. The molecule has 1 aliphatic heterocycles. The van der Waals surface area contributed by atoms with Crippen molar-refractivity contribution in [2.75, 3.05) is 30.9 Å². The van der Waals surface area contributed by atoms with Crippen molar-refractivity contribution in [3.8, 4) is 16.9 Å². The van der Waals surface area contributed by atoms with E-state index in [2.05, 4.69) is 12.2 Å². The highest BCUT2D eigenvalue weighted by atomic mass is 32.2. The molecular weight excluding hydrogens is 592 g/mol. The lowest BCUT2D eigenvalue weighted by Gasteiger charge is -2.12. The number of aliphatic hydroxyl groups is 1. The average molecular weight is 629 g/mol. The van der Waals surface area contributed by atoms with Crippen molar-refractivity contribution in [3.05, 3.63) is 119 Å². The molecule has 9 nitrogen and oxygen atoms in total. The number of aromatic nitrogens is 1. The molecule has 1 atom stereocenters. The molecule has 4 aromatic rings. The molecule has 0 unspecified atom stereocenters. The van der Waals surface area contributed by atoms with E-state index in [1.54, 1.807) is 66.7 Å². The number of carbonyl (C=O) groups excluding carboxylic acids is 1. The van der Waals surface area contributed by atoms with Gasteiger partial charge in [0.15, 0.2) is 22.1 Å². The van der Waals surface area contributed by atoms with Gasteiger partial charge in [0.2, 0.25) is 5.69 Å². The summed E-state index contributed by atoms with van der Waals surface area (Å²) in [6, 6.07) is 24.0. The Kier molecular flexibility index (Phi) is 10.3. The molecule has 1 aromatic heterocycles. The summed E-state index contributed by atoms with van der Waals surface area (Å²) in [5, 5.41) is 25.5. The second kappa shape index (κ2) is 14.5. The summed E-state index contributed by atoms with van der Waals surface area (Å²) >= 11 is 0. The molecule has 0 saturated heterocycles. The predicted octanol–water partition coefficient (Wildman–Crippen LogP) is 5.46. The molecule has 5 rings (SSSR count). The smallest absolute Gasteiger partial charge is 0.251 e. The van der Waals surface area contributed by atoms with Gasteiger partial charge in [-0.15, -0.1) is 0 Å². The number of rotatable bonds is 12. The van der Waals surface area contributed by atoms with E-state index in [4.69, 9.17) is 9.47 Å². The first kappa shape index (κ1) is 31.9. The SMILES string of the molecule is CCCCOCCOc1ccc(-c2ccc3c(c2)C=C(C(=O)Nc2ccc([C@@H](O)c4cccc[n+]4[O-])cc2)CCS3(=O)=O)cc1. The van der Waals surface area contributed by atoms with Crippen LogP contribution in [-0.2, 0) is 19.4 Å². The van der Waals surface area contributed by atoms with E-state index in [1.165, 1.54) is 6.20 Å². The van der Waals surface area contributed by atoms with Crippen LogP contribution < -0.4 is 14.8 Å². The summed E-state index contributed by atoms with van der Waals surface area (Å²) in [6.45, 7) is 3.82. The second-order valence-corrected chi connectivity index (χ2v) is 12.8. The van der Waals surface area contributed by atoms with Gasteiger partial charge in [-0.2, -0.15) is 4.73 Å². The fourth-order valence-electron chi connectivity index (χ4n) is 5.01. The number of nitrogens with one attached hydrogen (secondary N) is 1. The average Bonchev–Trinajstić information content (AvgIpc) is 3.18. The van der Waals surface area contributed by atoms with Gasteiger partial charge in [0.25, 0.3) is 5.91 Å². The number of hydrogen-bond acceptors (Lipinski definition) is 7. The molecular formula is C35H36N2O7S. The minimum atomic E-state index is -3.61. The molecule has 10 heteroatoms. The summed E-state index contributed by atoms with van der Waals surface area (Å²) in [7, 11) is -3.61. The van der Waals surface area contributed by atoms with Crippen LogP contribution >= 0.6 is 0 Å². The molecule has 0 radical (unpaired) electrons. The van der Waals surface area contributed by atoms with Crippen LogP contribution in [0.5, 0.6) is 5.75 Å². The predicted molar refractivity (Wildman–Crippen MR) is 172 cm³/mol. The van der Waals surface area contributed by atoms with E-state index < -0.39 is 21.8 Å². The highest BCUT2D eigenvalue weighted by Crippen LogP contribution is 2.32. The van der Waals surface area contributed by atoms with Crippen molar-refractivity contribution in [3.63, 3.8) is 0 Å². The molecule has 1 amide bonds. The molecule has 3 aromatic carbocycles. The lowest BCUT2D eigenvalue weighted by Crippen LogP contribution is -2.32. The minimum Gasteiger partial charge on any atom is -0.618 e. The zero-order valence-corrected chi connectivity index (χ0v) is 25.8. The monoisotopic (exact) mass is 628 g/mol. The van der Waals surface area contributed by atoms with Crippen LogP contribution in [0.15, 0.2) is 102 Å². The fraction of sp³-hybridized carbons (Fsp3) is 0.257. The van der Waals surface area contributed by atoms with E-state index in [-0.39, 0.29) is 22.8 Å². The summed E-state index contributed by atoms with van der Waals surface area (Å²) in [5.74, 6) is 0.104. The van der Waals surface area contributed by atoms with Crippen molar-refractivity contribution in [2.45, 2.75) is 37.2 Å². The summed E-state index contributed by atoms with van der Waals surface area (Å²) in [4.78, 5) is 13.5. The number of pyridine rings is 1. The normalized spacial score (nSPS) is 14.5. The van der Waals surface area contributed by atoms with Gasteiger partial charge in [-0.1, -0.05) is 43.7 Å². The number of ether oxygens (including phenoxy) is 2. The van der Waals surface area contributed by atoms with Gasteiger partial charge in [-0.3, -0.25) is 4.79 Å². The quantitative estimate of drug-likeness (QED) is 0.121. The number of benzene rings is 3. The number of fused-ring (bicyclic) bond motifs is 1. The lowest BCUT2D eigenvalue weighted by molar-refractivity contribution is -0.617. The number of amides is 1. The van der Waals surface area contributed by atoms with Crippen LogP contribution in [0.3, 0.4) is 0 Å². The van der Waals surface area contributed by atoms with Crippen molar-refractivity contribution < 1.29 is 32.5 Å². The molecule has 0 bridgehead atoms. The Labute approximate surface area is 263 Å². The Morgan fingerprint density at radius 2 is 1.73 bits per heavy atom. The highest BCUT2D eigenvalue weighted by Gasteiger charge is 2.25. The molecule has 2 N–H and O–H groups in total. The first-order valence-corrected chi connectivity index (χ1v) is 16.6. The molecule has 0 fully saturated rings. The summed E-state index contributed by atoms with van der Waals surface area (Å²) in [5.41, 5.74) is 3.61. The van der Waals surface area contributed by atoms with E-state index in [0.29, 0.717) is 46.1 Å². The summed E-state index contributed by atoms with van der Waals surface area (Å²) in [6.07, 6.45) is 3.98. The number of hydrogen-bond donors (Lipinski definition) is 2. The zero-order valence-electron chi connectivity index (χ0n) is 25.0. The highest BCUT2D eigenvalue weighted by molar-refractivity contribution is 7.91. The number of carbonyl (C=O) groups is 1. The van der Waals surface area contributed by atoms with Gasteiger partial charge in [-0.05, 0) is 83.6 Å². The van der Waals surface area contributed by atoms with Gasteiger partial charge in [0, 0.05) is 30.0 Å². The van der Waals surface area contributed by atoms with Crippen molar-refractivity contribution in [1.82, 2.24) is 0 Å². The third kappa shape index (κ3) is 7.96. The molecule has 45 heavy (non-hydrogen) atoms. The third-order valence-electron chi connectivity index (χ3n) is 7.55. The van der Waals surface area contributed by atoms with Gasteiger partial charge in [-0.25, -0.2) is 8.42 Å². The maximum atomic E-state index is 13.3. The standard InChI is InChI=1S/C35H36N2O7S/c1-2-3-19-43-20-21-44-31-14-9-25(10-15-31)27-11-16-33-29(23-27)24-28(17-22-45(33,41)42)35(39)36-30-12-7-26(8-13-30)34(38)32-6-4-5-18-37(32)40/h4-16,18,23-24,34,38H,2-3,17,19-22H2,1H3,(H,36,39)/t34-/m1/s1. The van der Waals surface area contributed by atoms with Gasteiger partial charge in [0.05, 0.1) is 17.3 Å². The number of sulfone groups is 1. The van der Waals surface area contributed by atoms with E-state index in [9.17, 15) is 23.5 Å². The van der Waals surface area contributed by atoms with E-state index >= 15 is 0 Å². The topological polar surface area (TPSA) is 129 Å². The fourth-order valence-corrected chi connectivity index (χ4v) is 6.47. The minimum absolute atomic E-state index is 0.0562. The van der Waals surface area contributed by atoms with Crippen molar-refractivity contribution in [1.29, 1.82) is 0 Å². The Hall–Kier alpha value is -4.51. The van der Waals surface area contributed by atoms with Crippen LogP contribution in [-0.4, -0.2) is 45.0 Å². The van der Waals surface area contributed by atoms with Gasteiger partial charge in [0.1, 0.15) is 12.4 Å². The number of unbranched alkanes of at least 4 members (excludes halogenated alkanes) is 1. The maximum Gasteiger partial charge on any atom is 0.251 e. The molecule has 0 spiro atoms. The Bertz CT molecular complexity index is 1770. The summed E-state index contributed by atoms with van der Waals surface area (Å²) < 4.78 is 38.1. The van der Waals surface area contributed by atoms with Gasteiger partial charge >= 0.3 is 0 Å². The number of nitrogens with zero attached hydrogens (tertiary/aromatic N) is 1. The molecule has 0 saturated carbocycles. The van der Waals surface area contributed by atoms with Crippen LogP contribution in [0.25, 0.3) is 17.2 Å². The van der Waals surface area contributed by atoms with Crippen LogP contribution in [0, 0.1) is 5.21 Å². The molecule has 2 heterocycles. The Morgan fingerprint density at radius 1 is 0.978 bits per heavy atom. The van der Waals surface area contributed by atoms with E-state index in [0.717, 1.165) is 30.6 Å². The van der Waals surface area contributed by atoms with E-state index in [1.807, 2.05) is 24.3 Å². The molecule has 234 valence electrons. The Morgan fingerprint density at radius 3 is 2.47 bits per heavy atom. The first-order valence-electron chi connectivity index (χ1n) is 14.9. The van der Waals surface area contributed by atoms with Crippen LogP contribution in [0.1, 0.15) is 49.1 Å². The first-order chi connectivity index (χ1) is 21.7. The van der Waals surface area contributed by atoms with Crippen molar-refractivity contribution >= 4 is 27.5 Å². The third-order valence-corrected chi connectivity index (χ3v) is 9.33. The molecule has 0 aliphatic carbocycles. The number of anilines is 1. The number of aliphatic hydroxyl groups excluding tert-OH is 1. The maximum absolute atomic E-state index is 13.3. The zero-order chi connectivity index (χ0) is 31.8. The Balaban J connectivity index is 1.29.